The normalized spacial score (nSPS) is 14.9. The number of hydrogen-bond donors (Lipinski definition) is 1. The summed E-state index contributed by atoms with van der Waals surface area (Å²) in [7, 11) is 0. The lowest BCUT2D eigenvalue weighted by Crippen LogP contribution is -2.31. The van der Waals surface area contributed by atoms with Gasteiger partial charge in [0.1, 0.15) is 0 Å². The van der Waals surface area contributed by atoms with E-state index in [1.54, 1.807) is 0 Å². The molecule has 0 fully saturated rings. The lowest BCUT2D eigenvalue weighted by atomic mass is 10.1. The van der Waals surface area contributed by atoms with Gasteiger partial charge in [-0.25, -0.2) is 0 Å². The number of nitrogens with one attached hydrogen (secondary N) is 1. The van der Waals surface area contributed by atoms with Crippen molar-refractivity contribution in [3.63, 3.8) is 0 Å². The molecule has 0 amide bonds. The Morgan fingerprint density at radius 1 is 1.20 bits per heavy atom. The molecular weight excluding hydrogens is 184 g/mol. The van der Waals surface area contributed by atoms with Crippen molar-refractivity contribution >= 4 is 5.84 Å². The summed E-state index contributed by atoms with van der Waals surface area (Å²) < 4.78 is 0. The molecule has 1 rings (SSSR count). The molecule has 0 aliphatic carbocycles. The van der Waals surface area contributed by atoms with Crippen LogP contribution >= 0.6 is 0 Å². The van der Waals surface area contributed by atoms with Crippen LogP contribution in [-0.2, 0) is 0 Å². The minimum absolute atomic E-state index is 0.303. The van der Waals surface area contributed by atoms with Gasteiger partial charge in [0.25, 0.3) is 0 Å². The SMILES string of the molecule is CC(C)=CC(C=C(C)C)NC1=NCCC1. The zero-order valence-corrected chi connectivity index (χ0v) is 10.3. The van der Waals surface area contributed by atoms with E-state index in [0.717, 1.165) is 18.8 Å². The van der Waals surface area contributed by atoms with Crippen LogP contribution in [0.1, 0.15) is 40.5 Å². The molecule has 2 nitrogen and oxygen atoms in total. The maximum atomic E-state index is 4.44. The fourth-order valence-corrected chi connectivity index (χ4v) is 1.70. The van der Waals surface area contributed by atoms with Gasteiger partial charge in [0.05, 0.1) is 11.9 Å². The molecule has 15 heavy (non-hydrogen) atoms. The highest BCUT2D eigenvalue weighted by Gasteiger charge is 2.09. The van der Waals surface area contributed by atoms with E-state index in [-0.39, 0.29) is 0 Å². The maximum absolute atomic E-state index is 4.44. The minimum atomic E-state index is 0.303. The van der Waals surface area contributed by atoms with Crippen molar-refractivity contribution in [1.29, 1.82) is 0 Å². The van der Waals surface area contributed by atoms with Gasteiger partial charge in [0.2, 0.25) is 0 Å². The molecule has 0 aromatic rings. The molecule has 0 aromatic carbocycles. The molecular formula is C13H22N2. The van der Waals surface area contributed by atoms with Gasteiger partial charge in [0, 0.05) is 13.0 Å². The Kier molecular flexibility index (Phi) is 4.60. The Morgan fingerprint density at radius 2 is 1.80 bits per heavy atom. The molecule has 0 saturated heterocycles. The van der Waals surface area contributed by atoms with Crippen LogP contribution in [0, 0.1) is 0 Å². The van der Waals surface area contributed by atoms with E-state index in [4.69, 9.17) is 0 Å². The van der Waals surface area contributed by atoms with Crippen molar-refractivity contribution in [2.45, 2.75) is 46.6 Å². The second-order valence-electron chi connectivity index (χ2n) is 4.59. The Hall–Kier alpha value is -1.05. The summed E-state index contributed by atoms with van der Waals surface area (Å²) in [5.41, 5.74) is 2.67. The smallest absolute Gasteiger partial charge is 0.0970 e. The minimum Gasteiger partial charge on any atom is -0.364 e. The first-order valence-electron chi connectivity index (χ1n) is 5.68. The van der Waals surface area contributed by atoms with Gasteiger partial charge in [0.15, 0.2) is 0 Å². The van der Waals surface area contributed by atoms with Gasteiger partial charge in [-0.2, -0.15) is 0 Å². The van der Waals surface area contributed by atoms with Crippen molar-refractivity contribution in [2.75, 3.05) is 6.54 Å². The molecule has 1 aliphatic heterocycles. The summed E-state index contributed by atoms with van der Waals surface area (Å²) in [5.74, 6) is 1.16. The van der Waals surface area contributed by atoms with Crippen molar-refractivity contribution in [3.8, 4) is 0 Å². The molecule has 0 saturated carbocycles. The van der Waals surface area contributed by atoms with Crippen LogP contribution in [0.4, 0.5) is 0 Å². The first-order valence-corrected chi connectivity index (χ1v) is 5.68. The fraction of sp³-hybridized carbons (Fsp3) is 0.615. The van der Waals surface area contributed by atoms with Crippen LogP contribution in [0.3, 0.4) is 0 Å². The lowest BCUT2D eigenvalue weighted by Gasteiger charge is -2.13. The second kappa shape index (κ2) is 5.74. The topological polar surface area (TPSA) is 24.4 Å². The van der Waals surface area contributed by atoms with Gasteiger partial charge in [-0.3, -0.25) is 4.99 Å². The fourth-order valence-electron chi connectivity index (χ4n) is 1.70. The predicted molar refractivity (Wildman–Crippen MR) is 67.3 cm³/mol. The van der Waals surface area contributed by atoms with Crippen LogP contribution in [0.25, 0.3) is 0 Å². The van der Waals surface area contributed by atoms with E-state index in [2.05, 4.69) is 50.2 Å². The molecule has 0 bridgehead atoms. The first kappa shape index (κ1) is 12.0. The maximum Gasteiger partial charge on any atom is 0.0970 e. The van der Waals surface area contributed by atoms with Crippen molar-refractivity contribution < 1.29 is 0 Å². The summed E-state index contributed by atoms with van der Waals surface area (Å²) in [5, 5.41) is 3.48. The molecule has 0 radical (unpaired) electrons. The summed E-state index contributed by atoms with van der Waals surface area (Å²) >= 11 is 0. The van der Waals surface area contributed by atoms with Gasteiger partial charge in [-0.1, -0.05) is 23.3 Å². The molecule has 0 atom stereocenters. The van der Waals surface area contributed by atoms with Gasteiger partial charge in [-0.05, 0) is 34.1 Å². The van der Waals surface area contributed by atoms with Crippen LogP contribution in [-0.4, -0.2) is 18.4 Å². The highest BCUT2D eigenvalue weighted by atomic mass is 15.0. The van der Waals surface area contributed by atoms with E-state index in [1.807, 2.05) is 0 Å². The average Bonchev–Trinajstić information content (AvgIpc) is 2.53. The third kappa shape index (κ3) is 4.82. The summed E-state index contributed by atoms with van der Waals surface area (Å²) in [6, 6.07) is 0.303. The Bertz CT molecular complexity index is 272. The van der Waals surface area contributed by atoms with Gasteiger partial charge in [-0.15, -0.1) is 0 Å². The van der Waals surface area contributed by atoms with Crippen molar-refractivity contribution in [3.05, 3.63) is 23.3 Å². The Morgan fingerprint density at radius 3 is 2.20 bits per heavy atom. The van der Waals surface area contributed by atoms with Crippen molar-refractivity contribution in [2.24, 2.45) is 4.99 Å². The Balaban J connectivity index is 2.64. The van der Waals surface area contributed by atoms with Crippen LogP contribution in [0.5, 0.6) is 0 Å². The first-order chi connectivity index (χ1) is 7.08. The van der Waals surface area contributed by atoms with Crippen LogP contribution in [0.15, 0.2) is 28.3 Å². The highest BCUT2D eigenvalue weighted by molar-refractivity contribution is 5.84. The predicted octanol–water partition coefficient (Wildman–Crippen LogP) is 3.07. The Labute approximate surface area is 93.2 Å². The summed E-state index contributed by atoms with van der Waals surface area (Å²) in [6.45, 7) is 9.50. The molecule has 1 N–H and O–H groups in total. The molecule has 2 heteroatoms. The number of nitrogens with zero attached hydrogens (tertiary/aromatic N) is 1. The van der Waals surface area contributed by atoms with E-state index < -0.39 is 0 Å². The number of hydrogen-bond acceptors (Lipinski definition) is 2. The molecule has 0 unspecified atom stereocenters. The van der Waals surface area contributed by atoms with Crippen LogP contribution < -0.4 is 5.32 Å². The summed E-state index contributed by atoms with van der Waals surface area (Å²) in [4.78, 5) is 4.44. The van der Waals surface area contributed by atoms with E-state index in [0.29, 0.717) is 6.04 Å². The quantitative estimate of drug-likeness (QED) is 0.705. The third-order valence-electron chi connectivity index (χ3n) is 2.23. The lowest BCUT2D eigenvalue weighted by molar-refractivity contribution is 0.847. The van der Waals surface area contributed by atoms with E-state index >= 15 is 0 Å². The zero-order chi connectivity index (χ0) is 11.3. The molecule has 1 aliphatic rings. The largest absolute Gasteiger partial charge is 0.364 e. The molecule has 0 spiro atoms. The third-order valence-corrected chi connectivity index (χ3v) is 2.23. The average molecular weight is 206 g/mol. The number of aliphatic imine (C=N–C) groups is 1. The number of rotatable bonds is 3. The van der Waals surface area contributed by atoms with Crippen molar-refractivity contribution in [1.82, 2.24) is 5.32 Å². The molecule has 0 aromatic heterocycles. The summed E-state index contributed by atoms with van der Waals surface area (Å²) in [6.07, 6.45) is 6.78. The number of amidine groups is 1. The van der Waals surface area contributed by atoms with E-state index in [9.17, 15) is 0 Å². The monoisotopic (exact) mass is 206 g/mol. The van der Waals surface area contributed by atoms with Gasteiger partial charge >= 0.3 is 0 Å². The van der Waals surface area contributed by atoms with Gasteiger partial charge < -0.3 is 5.32 Å². The molecule has 1 heterocycles. The van der Waals surface area contributed by atoms with Crippen LogP contribution in [0.2, 0.25) is 0 Å². The second-order valence-corrected chi connectivity index (χ2v) is 4.59. The number of allylic oxidation sites excluding steroid dienone is 2. The molecule has 84 valence electrons. The zero-order valence-electron chi connectivity index (χ0n) is 10.3. The highest BCUT2D eigenvalue weighted by Crippen LogP contribution is 2.06. The van der Waals surface area contributed by atoms with E-state index in [1.165, 1.54) is 17.6 Å². The standard InChI is InChI=1S/C13H22N2/c1-10(2)8-12(9-11(3)4)15-13-6-5-7-14-13/h8-9,12H,5-7H2,1-4H3,(H,14,15).